The van der Waals surface area contributed by atoms with E-state index in [1.165, 1.54) is 31.3 Å². The van der Waals surface area contributed by atoms with Crippen molar-refractivity contribution in [3.63, 3.8) is 0 Å². The molecule has 4 saturated carbocycles. The van der Waals surface area contributed by atoms with E-state index in [1.54, 1.807) is 0 Å². The molecule has 0 aromatic heterocycles. The summed E-state index contributed by atoms with van der Waals surface area (Å²) in [6, 6.07) is 0. The third-order valence-corrected chi connectivity index (χ3v) is 9.01. The number of aliphatic hydroxyl groups excluding tert-OH is 2. The largest absolute Gasteiger partial charge is 0.393 e. The second kappa shape index (κ2) is 8.78. The Morgan fingerprint density at radius 1 is 1.16 bits per heavy atom. The fourth-order valence-electron chi connectivity index (χ4n) is 7.30. The van der Waals surface area contributed by atoms with E-state index < -0.39 is 12.2 Å². The number of carbonyl (C=O) groups excluding carboxylic acids is 2. The van der Waals surface area contributed by atoms with Gasteiger partial charge >= 0.3 is 0 Å². The Morgan fingerprint density at radius 2 is 1.94 bits per heavy atom. The van der Waals surface area contributed by atoms with Crippen LogP contribution in [-0.4, -0.2) is 34.0 Å². The van der Waals surface area contributed by atoms with Crippen LogP contribution in [0.25, 0.3) is 0 Å². The number of fused-ring (bicyclic) bond motifs is 1. The Kier molecular flexibility index (Phi) is 6.42. The predicted molar refractivity (Wildman–Crippen MR) is 121 cm³/mol. The summed E-state index contributed by atoms with van der Waals surface area (Å²) >= 11 is 0. The first-order valence-corrected chi connectivity index (χ1v) is 12.2. The van der Waals surface area contributed by atoms with E-state index in [0.717, 1.165) is 30.4 Å². The Labute approximate surface area is 186 Å². The minimum absolute atomic E-state index is 0.0522. The van der Waals surface area contributed by atoms with Gasteiger partial charge in [-0.1, -0.05) is 38.2 Å². The lowest BCUT2D eigenvalue weighted by Gasteiger charge is -2.44. The number of hydrogen-bond acceptors (Lipinski definition) is 4. The van der Waals surface area contributed by atoms with E-state index in [1.807, 2.05) is 0 Å². The summed E-state index contributed by atoms with van der Waals surface area (Å²) in [5.74, 6) is 1.26. The molecule has 0 aliphatic heterocycles. The lowest BCUT2D eigenvalue weighted by Crippen LogP contribution is -2.36. The first-order valence-electron chi connectivity index (χ1n) is 12.2. The van der Waals surface area contributed by atoms with E-state index in [9.17, 15) is 19.8 Å². The summed E-state index contributed by atoms with van der Waals surface area (Å²) in [7, 11) is 0. The zero-order valence-electron chi connectivity index (χ0n) is 19.1. The highest BCUT2D eigenvalue weighted by molar-refractivity contribution is 6.39. The van der Waals surface area contributed by atoms with Crippen molar-refractivity contribution in [3.8, 4) is 0 Å². The van der Waals surface area contributed by atoms with Crippen LogP contribution in [0.4, 0.5) is 0 Å². The highest BCUT2D eigenvalue weighted by Gasteiger charge is 2.51. The maximum Gasteiger partial charge on any atom is 0.201 e. The molecule has 4 nitrogen and oxygen atoms in total. The fraction of sp³-hybridized carbons (Fsp3) is 0.704. The monoisotopic (exact) mass is 426 g/mol. The molecule has 0 bridgehead atoms. The van der Waals surface area contributed by atoms with Gasteiger partial charge in [-0.15, -0.1) is 0 Å². The molecule has 0 heterocycles. The molecule has 31 heavy (non-hydrogen) atoms. The van der Waals surface area contributed by atoms with Crippen molar-refractivity contribution in [2.45, 2.75) is 90.3 Å². The highest BCUT2D eigenvalue weighted by Crippen LogP contribution is 2.60. The van der Waals surface area contributed by atoms with Gasteiger partial charge in [0.05, 0.1) is 12.2 Å². The van der Waals surface area contributed by atoms with Crippen LogP contribution in [0.2, 0.25) is 0 Å². The van der Waals surface area contributed by atoms with Gasteiger partial charge in [-0.25, -0.2) is 0 Å². The lowest BCUT2D eigenvalue weighted by atomic mass is 9.60. The van der Waals surface area contributed by atoms with Crippen molar-refractivity contribution < 1.29 is 19.8 Å². The van der Waals surface area contributed by atoms with Crippen LogP contribution >= 0.6 is 0 Å². The van der Waals surface area contributed by atoms with Gasteiger partial charge in [0, 0.05) is 18.8 Å². The van der Waals surface area contributed by atoms with E-state index >= 15 is 0 Å². The normalized spacial score (nSPS) is 42.5. The third kappa shape index (κ3) is 4.26. The summed E-state index contributed by atoms with van der Waals surface area (Å²) < 4.78 is 0. The number of rotatable bonds is 4. The average Bonchev–Trinajstić information content (AvgIpc) is 3.23. The molecule has 170 valence electrons. The van der Waals surface area contributed by atoms with Gasteiger partial charge in [-0.2, -0.15) is 0 Å². The topological polar surface area (TPSA) is 74.6 Å². The number of aliphatic hydroxyl groups is 2. The average molecular weight is 427 g/mol. The van der Waals surface area contributed by atoms with Crippen LogP contribution in [0.3, 0.4) is 0 Å². The van der Waals surface area contributed by atoms with Gasteiger partial charge in [0.1, 0.15) is 0 Å². The second-order valence-corrected chi connectivity index (χ2v) is 10.9. The first-order chi connectivity index (χ1) is 14.7. The molecule has 4 heteroatoms. The maximum atomic E-state index is 12.2. The summed E-state index contributed by atoms with van der Waals surface area (Å²) in [4.78, 5) is 23.9. The zero-order valence-corrected chi connectivity index (χ0v) is 19.1. The van der Waals surface area contributed by atoms with Crippen molar-refractivity contribution in [1.29, 1.82) is 0 Å². The molecule has 4 aliphatic rings. The van der Waals surface area contributed by atoms with Crippen molar-refractivity contribution in [1.82, 2.24) is 0 Å². The molecular weight excluding hydrogens is 388 g/mol. The van der Waals surface area contributed by atoms with Crippen molar-refractivity contribution in [2.75, 3.05) is 0 Å². The minimum Gasteiger partial charge on any atom is -0.393 e. The highest BCUT2D eigenvalue weighted by atomic mass is 16.3. The molecule has 7 atom stereocenters. The number of carbonyl (C=O) groups is 2. The molecule has 0 spiro atoms. The number of allylic oxidation sites excluding steroid dienone is 3. The second-order valence-electron chi connectivity index (χ2n) is 10.9. The molecule has 0 aromatic carbocycles. The van der Waals surface area contributed by atoms with E-state index in [4.69, 9.17) is 0 Å². The third-order valence-electron chi connectivity index (χ3n) is 9.01. The molecule has 0 radical (unpaired) electrons. The van der Waals surface area contributed by atoms with Gasteiger partial charge in [0.15, 0.2) is 5.78 Å². The van der Waals surface area contributed by atoms with Gasteiger partial charge in [0.2, 0.25) is 5.78 Å². The van der Waals surface area contributed by atoms with Crippen LogP contribution in [0.5, 0.6) is 0 Å². The lowest BCUT2D eigenvalue weighted by molar-refractivity contribution is -0.136. The standard InChI is InChI=1S/C27H38O4/c1-16(13-20-8-11-24(29)26(20)31)22-9-10-23-18(5-4-12-27(22,23)3)6-7-19-14-21(28)15-25(30)17(19)2/h6-7,16,20-23,25,28,30H,2,4-5,8-15H2,1,3H3/t16-,20?,21+,22+,23?,25-,27+/m0/s1. The fourth-order valence-corrected chi connectivity index (χ4v) is 7.30. The Balaban J connectivity index is 1.49. The van der Waals surface area contributed by atoms with Gasteiger partial charge in [-0.3, -0.25) is 9.59 Å². The Hall–Kier alpha value is -1.52. The Morgan fingerprint density at radius 3 is 2.65 bits per heavy atom. The van der Waals surface area contributed by atoms with Gasteiger partial charge in [0.25, 0.3) is 0 Å². The van der Waals surface area contributed by atoms with Gasteiger partial charge in [-0.05, 0) is 85.7 Å². The van der Waals surface area contributed by atoms with Crippen LogP contribution in [0, 0.1) is 29.1 Å². The summed E-state index contributed by atoms with van der Waals surface area (Å²) in [5.41, 5.74) is 3.45. The molecule has 0 aromatic rings. The molecule has 2 unspecified atom stereocenters. The van der Waals surface area contributed by atoms with Crippen LogP contribution in [-0.2, 0) is 9.59 Å². The predicted octanol–water partition coefficient (Wildman–Crippen LogP) is 4.70. The minimum atomic E-state index is -0.646. The van der Waals surface area contributed by atoms with Crippen LogP contribution in [0.15, 0.2) is 35.5 Å². The molecule has 0 amide bonds. The summed E-state index contributed by atoms with van der Waals surface area (Å²) in [6.45, 7) is 8.78. The molecule has 4 aliphatic carbocycles. The molecular formula is C27H38O4. The number of Topliss-reactive ketones (excluding diaryl/α,β-unsaturated/α-hetero) is 2. The zero-order chi connectivity index (χ0) is 22.3. The van der Waals surface area contributed by atoms with Crippen LogP contribution in [0.1, 0.15) is 78.1 Å². The smallest absolute Gasteiger partial charge is 0.201 e. The van der Waals surface area contributed by atoms with E-state index in [-0.39, 0.29) is 22.9 Å². The Bertz CT molecular complexity index is 821. The quantitative estimate of drug-likeness (QED) is 0.639. The molecule has 4 fully saturated rings. The van der Waals surface area contributed by atoms with Crippen molar-refractivity contribution >= 4 is 11.6 Å². The summed E-state index contributed by atoms with van der Waals surface area (Å²) in [5, 5.41) is 20.2. The van der Waals surface area contributed by atoms with E-state index in [2.05, 4.69) is 32.6 Å². The molecule has 0 saturated heterocycles. The number of ketones is 2. The van der Waals surface area contributed by atoms with Crippen molar-refractivity contribution in [2.24, 2.45) is 29.1 Å². The summed E-state index contributed by atoms with van der Waals surface area (Å²) in [6.07, 6.45) is 12.1. The van der Waals surface area contributed by atoms with Gasteiger partial charge < -0.3 is 10.2 Å². The number of hydrogen-bond donors (Lipinski definition) is 2. The molecule has 4 rings (SSSR count). The van der Waals surface area contributed by atoms with Crippen LogP contribution < -0.4 is 0 Å². The first kappa shape index (κ1) is 22.7. The SMILES string of the molecule is C=C1C(=CC=C2CCC[C@@]3(C)C2CC[C@@H]3[C@@H](C)CC2CCC(=O)C2=O)C[C@@H](O)C[C@@H]1O. The maximum absolute atomic E-state index is 12.2. The van der Waals surface area contributed by atoms with Crippen molar-refractivity contribution in [3.05, 3.63) is 35.5 Å². The molecule has 2 N–H and O–H groups in total. The van der Waals surface area contributed by atoms with E-state index in [0.29, 0.717) is 37.0 Å².